The number of hydrogen-bond acceptors (Lipinski definition) is 4. The molecule has 0 atom stereocenters. The van der Waals surface area contributed by atoms with Crippen LogP contribution in [0.4, 0.5) is 18.9 Å². The van der Waals surface area contributed by atoms with Crippen molar-refractivity contribution in [3.05, 3.63) is 131 Å². The molecule has 3 aromatic carbocycles. The first-order chi connectivity index (χ1) is 19.2. The molecule has 0 bridgehead atoms. The normalized spacial score (nSPS) is 10.7. The molecule has 0 heterocycles. The monoisotopic (exact) mass is 567 g/mol. The third kappa shape index (κ3) is 13.4. The van der Waals surface area contributed by atoms with E-state index in [1.165, 1.54) is 29.5 Å². The number of nitrogens with one attached hydrogen (secondary N) is 2. The highest BCUT2D eigenvalue weighted by Crippen LogP contribution is 2.24. The summed E-state index contributed by atoms with van der Waals surface area (Å²) in [6, 6.07) is 19.9. The Bertz CT molecular complexity index is 1260. The van der Waals surface area contributed by atoms with Gasteiger partial charge in [-0.2, -0.15) is 0 Å². The third-order valence-corrected chi connectivity index (χ3v) is 6.34. The summed E-state index contributed by atoms with van der Waals surface area (Å²) in [4.78, 5) is 4.09. The van der Waals surface area contributed by atoms with Crippen LogP contribution in [0.1, 0.15) is 44.4 Å². The fourth-order valence-corrected chi connectivity index (χ4v) is 3.74. The molecule has 2 N–H and O–H groups in total. The van der Waals surface area contributed by atoms with Gasteiger partial charge < -0.3 is 10.0 Å². The fraction of sp³-hybridized carbons (Fsp3) is 0.242. The van der Waals surface area contributed by atoms with Gasteiger partial charge in [-0.15, -0.1) is 13.2 Å². The van der Waals surface area contributed by atoms with Crippen LogP contribution < -0.4 is 10.0 Å². The van der Waals surface area contributed by atoms with E-state index in [0.29, 0.717) is 17.0 Å². The van der Waals surface area contributed by atoms with Gasteiger partial charge in [0.25, 0.3) is 0 Å². The average molecular weight is 568 g/mol. The molecule has 214 valence electrons. The average Bonchev–Trinajstić information content (AvgIpc) is 2.96. The summed E-state index contributed by atoms with van der Waals surface area (Å²) in [7, 11) is 0. The predicted octanol–water partition coefficient (Wildman–Crippen LogP) is 9.77. The second-order valence-corrected chi connectivity index (χ2v) is 9.67. The predicted molar refractivity (Wildman–Crippen MR) is 168 cm³/mol. The number of anilines is 1. The summed E-state index contributed by atoms with van der Waals surface area (Å²) >= 11 is 1.12. The second kappa shape index (κ2) is 19.4. The number of rotatable bonds is 10. The first-order valence-electron chi connectivity index (χ1n) is 12.9. The zero-order valence-corrected chi connectivity index (χ0v) is 24.8. The van der Waals surface area contributed by atoms with E-state index >= 15 is 0 Å². The maximum absolute atomic E-state index is 13.7. The van der Waals surface area contributed by atoms with E-state index in [0.717, 1.165) is 47.9 Å². The van der Waals surface area contributed by atoms with Crippen molar-refractivity contribution in [3.63, 3.8) is 0 Å². The van der Waals surface area contributed by atoms with Crippen LogP contribution in [0.25, 0.3) is 0 Å². The quantitative estimate of drug-likeness (QED) is 0.145. The second-order valence-electron chi connectivity index (χ2n) is 8.82. The Balaban J connectivity index is 0.000000621. The Morgan fingerprint density at radius 1 is 0.975 bits per heavy atom. The van der Waals surface area contributed by atoms with Crippen molar-refractivity contribution >= 4 is 23.8 Å². The summed E-state index contributed by atoms with van der Waals surface area (Å²) < 4.78 is 42.2. The van der Waals surface area contributed by atoms with Gasteiger partial charge in [-0.1, -0.05) is 42.5 Å². The van der Waals surface area contributed by atoms with E-state index in [1.807, 2.05) is 31.2 Å². The molecule has 0 aromatic heterocycles. The summed E-state index contributed by atoms with van der Waals surface area (Å²) in [5, 5.41) is 3.43. The van der Waals surface area contributed by atoms with Gasteiger partial charge in [0.2, 0.25) is 0 Å². The lowest BCUT2D eigenvalue weighted by Crippen LogP contribution is -2.10. The largest absolute Gasteiger partial charge is 0.385 e. The maximum atomic E-state index is 13.7. The fourth-order valence-electron chi connectivity index (χ4n) is 3.08. The number of allylic oxidation sites excluding steroid dienone is 4. The standard InChI is InChI=1S/C24H24F2N2S.C7H12FN.C2H4/c1-17-5-3-4-6-20(17)10-7-18(2)27-16-19-8-12-22(13-9-19)28-29-24-14-11-21(25)15-23(24)26;1-4-9-5-7(8)6(2)3;1-2/h3-9,11-15,27-28H,10,16H2,1-2H3;5H,4H2,1-3H3;1-2H2/b18-7+;;. The zero-order chi connectivity index (χ0) is 29.9. The van der Waals surface area contributed by atoms with Crippen molar-refractivity contribution in [1.29, 1.82) is 0 Å². The molecule has 0 aliphatic carbocycles. The van der Waals surface area contributed by atoms with Crippen LogP contribution in [0.2, 0.25) is 0 Å². The number of hydrogen-bond donors (Lipinski definition) is 2. The van der Waals surface area contributed by atoms with Crippen LogP contribution in [0.3, 0.4) is 0 Å². The Hall–Kier alpha value is -3.71. The summed E-state index contributed by atoms with van der Waals surface area (Å²) in [5.74, 6) is -1.37. The topological polar surface area (TPSA) is 36.4 Å². The SMILES string of the molecule is C/C(=C\Cc1ccccc1C)NCc1ccc(NSc2ccc(F)cc2F)cc1.C=C.CCN=CC(F)=C(C)C. The maximum Gasteiger partial charge on any atom is 0.141 e. The van der Waals surface area contributed by atoms with Gasteiger partial charge in [0, 0.05) is 30.5 Å². The molecule has 3 nitrogen and oxygen atoms in total. The molecule has 3 rings (SSSR count). The van der Waals surface area contributed by atoms with Gasteiger partial charge in [-0.3, -0.25) is 4.99 Å². The van der Waals surface area contributed by atoms with Crippen LogP contribution in [0, 0.1) is 18.6 Å². The Morgan fingerprint density at radius 3 is 2.25 bits per heavy atom. The Kier molecular flexibility index (Phi) is 16.6. The molecular weight excluding hydrogens is 527 g/mol. The van der Waals surface area contributed by atoms with Gasteiger partial charge in [0.15, 0.2) is 0 Å². The third-order valence-electron chi connectivity index (χ3n) is 5.45. The van der Waals surface area contributed by atoms with Crippen LogP contribution in [-0.2, 0) is 13.0 Å². The molecule has 0 radical (unpaired) electrons. The van der Waals surface area contributed by atoms with Crippen molar-refractivity contribution in [2.24, 2.45) is 4.99 Å². The minimum absolute atomic E-state index is 0.225. The minimum Gasteiger partial charge on any atom is -0.385 e. The number of benzene rings is 3. The van der Waals surface area contributed by atoms with E-state index in [4.69, 9.17) is 0 Å². The molecule has 0 saturated heterocycles. The van der Waals surface area contributed by atoms with Crippen molar-refractivity contribution < 1.29 is 13.2 Å². The van der Waals surface area contributed by atoms with Crippen molar-refractivity contribution in [2.45, 2.75) is 52.5 Å². The van der Waals surface area contributed by atoms with Crippen LogP contribution in [0.15, 0.2) is 113 Å². The number of aryl methyl sites for hydroxylation is 1. The number of nitrogens with zero attached hydrogens (tertiary/aromatic N) is 1. The molecule has 0 aliphatic rings. The van der Waals surface area contributed by atoms with Crippen molar-refractivity contribution in [1.82, 2.24) is 5.32 Å². The molecular formula is C33H40F3N3S. The lowest BCUT2D eigenvalue weighted by molar-refractivity contribution is 0.566. The van der Waals surface area contributed by atoms with E-state index in [1.54, 1.807) is 13.8 Å². The molecule has 0 unspecified atom stereocenters. The molecule has 3 aromatic rings. The highest BCUT2D eigenvalue weighted by molar-refractivity contribution is 8.00. The highest BCUT2D eigenvalue weighted by Gasteiger charge is 2.05. The molecule has 0 saturated carbocycles. The molecule has 0 aliphatic heterocycles. The number of halogens is 3. The van der Waals surface area contributed by atoms with E-state index < -0.39 is 11.6 Å². The van der Waals surface area contributed by atoms with E-state index in [9.17, 15) is 13.2 Å². The highest BCUT2D eigenvalue weighted by atomic mass is 32.2. The van der Waals surface area contributed by atoms with Crippen molar-refractivity contribution in [2.75, 3.05) is 11.3 Å². The first kappa shape index (κ1) is 34.3. The Morgan fingerprint density at radius 2 is 1.65 bits per heavy atom. The molecule has 0 amide bonds. The summed E-state index contributed by atoms with van der Waals surface area (Å²) in [5.41, 5.74) is 6.45. The lowest BCUT2D eigenvalue weighted by atomic mass is 10.1. The van der Waals surface area contributed by atoms with Gasteiger partial charge in [-0.25, -0.2) is 13.2 Å². The number of aliphatic imine (C=N–C) groups is 1. The van der Waals surface area contributed by atoms with Crippen LogP contribution in [-0.4, -0.2) is 12.8 Å². The van der Waals surface area contributed by atoms with Gasteiger partial charge in [0.05, 0.1) is 11.1 Å². The van der Waals surface area contributed by atoms with Crippen LogP contribution in [0.5, 0.6) is 0 Å². The minimum atomic E-state index is -0.577. The van der Waals surface area contributed by atoms with E-state index in [2.05, 4.69) is 72.4 Å². The molecule has 40 heavy (non-hydrogen) atoms. The zero-order valence-electron chi connectivity index (χ0n) is 24.0. The van der Waals surface area contributed by atoms with Crippen molar-refractivity contribution in [3.8, 4) is 0 Å². The Labute approximate surface area is 242 Å². The molecule has 0 fully saturated rings. The molecule has 0 spiro atoms. The van der Waals surface area contributed by atoms with Gasteiger partial charge >= 0.3 is 0 Å². The van der Waals surface area contributed by atoms with Gasteiger partial charge in [-0.05, 0) is 99.5 Å². The lowest BCUT2D eigenvalue weighted by Gasteiger charge is -2.10. The summed E-state index contributed by atoms with van der Waals surface area (Å²) in [6.07, 6.45) is 4.37. The summed E-state index contributed by atoms with van der Waals surface area (Å²) in [6.45, 7) is 16.9. The smallest absolute Gasteiger partial charge is 0.141 e. The van der Waals surface area contributed by atoms with E-state index in [-0.39, 0.29) is 5.83 Å². The van der Waals surface area contributed by atoms with Gasteiger partial charge in [0.1, 0.15) is 17.5 Å². The van der Waals surface area contributed by atoms with Crippen LogP contribution >= 0.6 is 11.9 Å². The first-order valence-corrected chi connectivity index (χ1v) is 13.8. The molecule has 7 heteroatoms.